The molecule has 114 valence electrons. The third-order valence-corrected chi connectivity index (χ3v) is 3.37. The lowest BCUT2D eigenvalue weighted by Gasteiger charge is -2.12. The first-order chi connectivity index (χ1) is 9.97. The van der Waals surface area contributed by atoms with Gasteiger partial charge in [-0.1, -0.05) is 31.5 Å². The summed E-state index contributed by atoms with van der Waals surface area (Å²) in [5, 5.41) is 4.76. The Morgan fingerprint density at radius 3 is 2.71 bits per heavy atom. The van der Waals surface area contributed by atoms with E-state index in [4.69, 9.17) is 22.1 Å². The van der Waals surface area contributed by atoms with Gasteiger partial charge in [0.2, 0.25) is 0 Å². The standard InChI is InChI=1S/C15H21ClN4O/c1-10(2)7-20-15(18-9-19-20)8-21-14-5-4-12(11(3)17)6-13(14)16/h4-6,9-11H,7-8,17H2,1-3H3. The molecule has 0 aliphatic rings. The molecule has 1 unspecified atom stereocenters. The van der Waals surface area contributed by atoms with Crippen LogP contribution in [0.2, 0.25) is 5.02 Å². The minimum absolute atomic E-state index is 0.0503. The van der Waals surface area contributed by atoms with Crippen LogP contribution in [0, 0.1) is 5.92 Å². The predicted octanol–water partition coefficient (Wildman–Crippen LogP) is 3.19. The molecule has 5 nitrogen and oxygen atoms in total. The Morgan fingerprint density at radius 2 is 2.10 bits per heavy atom. The molecule has 0 amide bonds. The van der Waals surface area contributed by atoms with Crippen LogP contribution in [0.3, 0.4) is 0 Å². The number of hydrogen-bond donors (Lipinski definition) is 1. The van der Waals surface area contributed by atoms with Crippen LogP contribution in [0.15, 0.2) is 24.5 Å². The minimum Gasteiger partial charge on any atom is -0.484 e. The monoisotopic (exact) mass is 308 g/mol. The highest BCUT2D eigenvalue weighted by molar-refractivity contribution is 6.32. The van der Waals surface area contributed by atoms with Crippen LogP contribution in [0.25, 0.3) is 0 Å². The summed E-state index contributed by atoms with van der Waals surface area (Å²) in [6, 6.07) is 5.54. The van der Waals surface area contributed by atoms with Crippen molar-refractivity contribution in [3.63, 3.8) is 0 Å². The largest absolute Gasteiger partial charge is 0.484 e. The Kier molecular flexibility index (Phi) is 5.20. The molecule has 1 aromatic heterocycles. The number of aromatic nitrogens is 3. The molecule has 1 atom stereocenters. The van der Waals surface area contributed by atoms with E-state index < -0.39 is 0 Å². The molecule has 0 saturated carbocycles. The van der Waals surface area contributed by atoms with Crippen LogP contribution in [0.5, 0.6) is 5.75 Å². The van der Waals surface area contributed by atoms with Crippen LogP contribution in [0.1, 0.15) is 38.2 Å². The van der Waals surface area contributed by atoms with E-state index in [-0.39, 0.29) is 6.04 Å². The number of nitrogens with two attached hydrogens (primary N) is 1. The summed E-state index contributed by atoms with van der Waals surface area (Å²) in [7, 11) is 0. The van der Waals surface area contributed by atoms with E-state index >= 15 is 0 Å². The molecule has 1 heterocycles. The van der Waals surface area contributed by atoms with Crippen LogP contribution < -0.4 is 10.5 Å². The first-order valence-electron chi connectivity index (χ1n) is 7.02. The SMILES string of the molecule is CC(C)Cn1ncnc1COc1ccc(C(C)N)cc1Cl. The van der Waals surface area contributed by atoms with E-state index in [2.05, 4.69) is 23.9 Å². The van der Waals surface area contributed by atoms with Crippen molar-refractivity contribution in [2.75, 3.05) is 0 Å². The molecule has 0 fully saturated rings. The Hall–Kier alpha value is -1.59. The maximum atomic E-state index is 6.21. The predicted molar refractivity (Wildman–Crippen MR) is 83.2 cm³/mol. The number of rotatable bonds is 6. The zero-order valence-corrected chi connectivity index (χ0v) is 13.3. The fraction of sp³-hybridized carbons (Fsp3) is 0.467. The summed E-state index contributed by atoms with van der Waals surface area (Å²) < 4.78 is 7.60. The second-order valence-corrected chi connectivity index (χ2v) is 5.93. The average molecular weight is 309 g/mol. The van der Waals surface area contributed by atoms with Gasteiger partial charge in [-0.25, -0.2) is 9.67 Å². The molecule has 6 heteroatoms. The highest BCUT2D eigenvalue weighted by atomic mass is 35.5. The normalized spacial score (nSPS) is 12.7. The summed E-state index contributed by atoms with van der Waals surface area (Å²) in [6.07, 6.45) is 1.54. The Morgan fingerprint density at radius 1 is 1.33 bits per heavy atom. The first-order valence-corrected chi connectivity index (χ1v) is 7.39. The second-order valence-electron chi connectivity index (χ2n) is 5.52. The van der Waals surface area contributed by atoms with Gasteiger partial charge in [0.05, 0.1) is 5.02 Å². The quantitative estimate of drug-likeness (QED) is 0.890. The van der Waals surface area contributed by atoms with Gasteiger partial charge in [-0.3, -0.25) is 0 Å². The highest BCUT2D eigenvalue weighted by Gasteiger charge is 2.10. The van der Waals surface area contributed by atoms with E-state index in [1.165, 1.54) is 0 Å². The Bertz CT molecular complexity index is 595. The van der Waals surface area contributed by atoms with Gasteiger partial charge in [-0.15, -0.1) is 0 Å². The molecule has 2 aromatic rings. The van der Waals surface area contributed by atoms with Crippen molar-refractivity contribution in [2.24, 2.45) is 11.7 Å². The van der Waals surface area contributed by atoms with Crippen LogP contribution in [-0.4, -0.2) is 14.8 Å². The minimum atomic E-state index is -0.0503. The Balaban J connectivity index is 2.05. The number of ether oxygens (including phenoxy) is 1. The van der Waals surface area contributed by atoms with E-state index in [9.17, 15) is 0 Å². The van der Waals surface area contributed by atoms with E-state index in [1.807, 2.05) is 29.8 Å². The third-order valence-electron chi connectivity index (χ3n) is 3.07. The lowest BCUT2D eigenvalue weighted by Crippen LogP contribution is -2.12. The van der Waals surface area contributed by atoms with Crippen molar-refractivity contribution >= 4 is 11.6 Å². The molecule has 2 N–H and O–H groups in total. The van der Waals surface area contributed by atoms with Gasteiger partial charge in [0.1, 0.15) is 18.7 Å². The van der Waals surface area contributed by atoms with Crippen molar-refractivity contribution in [3.8, 4) is 5.75 Å². The Labute approximate surface area is 130 Å². The molecule has 0 bridgehead atoms. The maximum Gasteiger partial charge on any atom is 0.164 e. The van der Waals surface area contributed by atoms with Gasteiger partial charge < -0.3 is 10.5 Å². The van der Waals surface area contributed by atoms with Gasteiger partial charge in [-0.05, 0) is 30.5 Å². The van der Waals surface area contributed by atoms with E-state index in [0.29, 0.717) is 23.3 Å². The third kappa shape index (κ3) is 4.19. The van der Waals surface area contributed by atoms with Crippen molar-refractivity contribution in [2.45, 2.75) is 40.0 Å². The molecule has 0 aliphatic heterocycles. The van der Waals surface area contributed by atoms with E-state index in [1.54, 1.807) is 6.33 Å². The number of nitrogens with zero attached hydrogens (tertiary/aromatic N) is 3. The summed E-state index contributed by atoms with van der Waals surface area (Å²) >= 11 is 6.21. The molecule has 1 aromatic carbocycles. The smallest absolute Gasteiger partial charge is 0.164 e. The zero-order valence-electron chi connectivity index (χ0n) is 12.6. The topological polar surface area (TPSA) is 66.0 Å². The summed E-state index contributed by atoms with van der Waals surface area (Å²) in [5.41, 5.74) is 6.81. The molecule has 0 radical (unpaired) electrons. The fourth-order valence-electron chi connectivity index (χ4n) is 1.96. The summed E-state index contributed by atoms with van der Waals surface area (Å²) in [5.74, 6) is 1.91. The number of hydrogen-bond acceptors (Lipinski definition) is 4. The van der Waals surface area contributed by atoms with Crippen LogP contribution >= 0.6 is 11.6 Å². The first kappa shape index (κ1) is 15.8. The van der Waals surface area contributed by atoms with E-state index in [0.717, 1.165) is 17.9 Å². The molecule has 21 heavy (non-hydrogen) atoms. The lowest BCUT2D eigenvalue weighted by atomic mass is 10.1. The molecule has 0 saturated heterocycles. The van der Waals surface area contributed by atoms with Crippen molar-refractivity contribution < 1.29 is 4.74 Å². The molecular weight excluding hydrogens is 288 g/mol. The van der Waals surface area contributed by atoms with Crippen molar-refractivity contribution in [1.29, 1.82) is 0 Å². The van der Waals surface area contributed by atoms with Crippen molar-refractivity contribution in [3.05, 3.63) is 40.9 Å². The van der Waals surface area contributed by atoms with Gasteiger partial charge in [0.25, 0.3) is 0 Å². The summed E-state index contributed by atoms with van der Waals surface area (Å²) in [4.78, 5) is 4.22. The second kappa shape index (κ2) is 6.91. The fourth-order valence-corrected chi connectivity index (χ4v) is 2.20. The lowest BCUT2D eigenvalue weighted by molar-refractivity contribution is 0.282. The number of benzene rings is 1. The summed E-state index contributed by atoms with van der Waals surface area (Å²) in [6.45, 7) is 7.34. The molecule has 0 aliphatic carbocycles. The van der Waals surface area contributed by atoms with Crippen molar-refractivity contribution in [1.82, 2.24) is 14.8 Å². The van der Waals surface area contributed by atoms with Gasteiger partial charge in [-0.2, -0.15) is 5.10 Å². The molecule has 0 spiro atoms. The van der Waals surface area contributed by atoms with Gasteiger partial charge in [0.15, 0.2) is 5.82 Å². The van der Waals surface area contributed by atoms with Crippen LogP contribution in [-0.2, 0) is 13.2 Å². The molecular formula is C15H21ClN4O. The maximum absolute atomic E-state index is 6.21. The van der Waals surface area contributed by atoms with Gasteiger partial charge >= 0.3 is 0 Å². The average Bonchev–Trinajstić information content (AvgIpc) is 2.83. The number of halogens is 1. The molecule has 2 rings (SSSR count). The van der Waals surface area contributed by atoms with Crippen LogP contribution in [0.4, 0.5) is 0 Å². The zero-order chi connectivity index (χ0) is 15.4. The van der Waals surface area contributed by atoms with Gasteiger partial charge in [0, 0.05) is 12.6 Å². The highest BCUT2D eigenvalue weighted by Crippen LogP contribution is 2.27.